The number of nitrogens with one attached hydrogen (secondary N) is 1. The van der Waals surface area contributed by atoms with Crippen LogP contribution in [0.5, 0.6) is 0 Å². The molecule has 1 saturated heterocycles. The molecule has 3 nitrogen and oxygen atoms in total. The van der Waals surface area contributed by atoms with Gasteiger partial charge in [-0.3, -0.25) is 5.23 Å². The van der Waals surface area contributed by atoms with Crippen LogP contribution in [0, 0.1) is 0 Å². The molecule has 0 saturated carbocycles. The predicted octanol–water partition coefficient (Wildman–Crippen LogP) is 0.903. The zero-order chi connectivity index (χ0) is 9.54. The summed E-state index contributed by atoms with van der Waals surface area (Å²) in [6.45, 7) is 0. The highest BCUT2D eigenvalue weighted by molar-refractivity contribution is 6.42. The molecule has 2 atom stereocenters. The standard InChI is InChI=1S/C10H12BNO2/c1-13-11-12-10-8-5-3-2-4-7(8)6-9(10)14-11/h2-5,9-10,12H,6H2,1H3/t9-,10+/m0/s1. The molecule has 1 aliphatic heterocycles. The highest BCUT2D eigenvalue weighted by Crippen LogP contribution is 2.36. The van der Waals surface area contributed by atoms with Crippen LogP contribution in [0.2, 0.25) is 0 Å². The van der Waals surface area contributed by atoms with E-state index < -0.39 is 0 Å². The summed E-state index contributed by atoms with van der Waals surface area (Å²) >= 11 is 0. The summed E-state index contributed by atoms with van der Waals surface area (Å²) < 4.78 is 10.8. The van der Waals surface area contributed by atoms with Crippen LogP contribution in [0.3, 0.4) is 0 Å². The molecule has 1 fully saturated rings. The molecule has 3 rings (SSSR count). The highest BCUT2D eigenvalue weighted by atomic mass is 16.6. The number of hydrogen-bond donors (Lipinski definition) is 1. The Bertz CT molecular complexity index is 358. The first kappa shape index (κ1) is 8.47. The van der Waals surface area contributed by atoms with Crippen molar-refractivity contribution in [1.29, 1.82) is 0 Å². The average Bonchev–Trinajstić information content (AvgIpc) is 2.73. The highest BCUT2D eigenvalue weighted by Gasteiger charge is 2.44. The van der Waals surface area contributed by atoms with Gasteiger partial charge in [0.25, 0.3) is 0 Å². The number of rotatable bonds is 1. The summed E-state index contributed by atoms with van der Waals surface area (Å²) in [4.78, 5) is 0. The lowest BCUT2D eigenvalue weighted by atomic mass is 10.0. The van der Waals surface area contributed by atoms with Crippen LogP contribution in [0.4, 0.5) is 0 Å². The van der Waals surface area contributed by atoms with Crippen LogP contribution >= 0.6 is 0 Å². The Morgan fingerprint density at radius 3 is 3.21 bits per heavy atom. The van der Waals surface area contributed by atoms with Crippen molar-refractivity contribution in [2.45, 2.75) is 18.6 Å². The molecule has 0 amide bonds. The predicted molar refractivity (Wildman–Crippen MR) is 53.7 cm³/mol. The topological polar surface area (TPSA) is 30.5 Å². The molecule has 0 radical (unpaired) electrons. The maximum Gasteiger partial charge on any atom is 0.555 e. The van der Waals surface area contributed by atoms with Gasteiger partial charge >= 0.3 is 7.25 Å². The van der Waals surface area contributed by atoms with E-state index in [1.165, 1.54) is 11.1 Å². The fourth-order valence-electron chi connectivity index (χ4n) is 2.35. The van der Waals surface area contributed by atoms with Gasteiger partial charge < -0.3 is 9.31 Å². The zero-order valence-corrected chi connectivity index (χ0v) is 8.07. The van der Waals surface area contributed by atoms with Crippen LogP contribution in [-0.4, -0.2) is 20.5 Å². The van der Waals surface area contributed by atoms with E-state index in [2.05, 4.69) is 29.5 Å². The number of benzene rings is 1. The minimum absolute atomic E-state index is 0.238. The van der Waals surface area contributed by atoms with Gasteiger partial charge in [0.15, 0.2) is 0 Å². The Morgan fingerprint density at radius 1 is 1.50 bits per heavy atom. The van der Waals surface area contributed by atoms with E-state index in [1.807, 2.05) is 0 Å². The van der Waals surface area contributed by atoms with Crippen LogP contribution in [0.15, 0.2) is 24.3 Å². The first-order valence-corrected chi connectivity index (χ1v) is 4.90. The lowest BCUT2D eigenvalue weighted by Gasteiger charge is -2.08. The van der Waals surface area contributed by atoms with Crippen molar-refractivity contribution in [1.82, 2.24) is 5.23 Å². The van der Waals surface area contributed by atoms with E-state index in [1.54, 1.807) is 7.11 Å². The fourth-order valence-corrected chi connectivity index (χ4v) is 2.35. The minimum atomic E-state index is -0.238. The summed E-state index contributed by atoms with van der Waals surface area (Å²) in [6.07, 6.45) is 1.24. The molecule has 72 valence electrons. The van der Waals surface area contributed by atoms with E-state index in [0.717, 1.165) is 6.42 Å². The van der Waals surface area contributed by atoms with Crippen molar-refractivity contribution in [3.63, 3.8) is 0 Å². The minimum Gasteiger partial charge on any atom is -0.400 e. The molecule has 4 heteroatoms. The van der Waals surface area contributed by atoms with Crippen molar-refractivity contribution in [2.75, 3.05) is 7.11 Å². The zero-order valence-electron chi connectivity index (χ0n) is 8.07. The molecule has 1 N–H and O–H groups in total. The van der Waals surface area contributed by atoms with Gasteiger partial charge in [0.1, 0.15) is 0 Å². The summed E-state index contributed by atoms with van der Waals surface area (Å²) in [5.41, 5.74) is 2.75. The SMILES string of the molecule is COB1N[C@@H]2c3ccccc3C[C@@H]2O1. The van der Waals surface area contributed by atoms with Crippen molar-refractivity contribution in [3.05, 3.63) is 35.4 Å². The largest absolute Gasteiger partial charge is 0.555 e. The fraction of sp³-hybridized carbons (Fsp3) is 0.400. The molecule has 2 aliphatic rings. The third-order valence-electron chi connectivity index (χ3n) is 3.01. The van der Waals surface area contributed by atoms with Gasteiger partial charge in [0.05, 0.1) is 12.1 Å². The van der Waals surface area contributed by atoms with Gasteiger partial charge in [-0.05, 0) is 17.5 Å². The smallest absolute Gasteiger partial charge is 0.400 e. The second kappa shape index (κ2) is 3.09. The molecule has 0 bridgehead atoms. The van der Waals surface area contributed by atoms with Crippen LogP contribution in [0.25, 0.3) is 0 Å². The summed E-state index contributed by atoms with van der Waals surface area (Å²) in [7, 11) is 1.42. The molecule has 0 aromatic heterocycles. The van der Waals surface area contributed by atoms with Gasteiger partial charge in [0.2, 0.25) is 0 Å². The maximum absolute atomic E-state index is 5.68. The Kier molecular flexibility index (Phi) is 1.87. The second-order valence-corrected chi connectivity index (χ2v) is 3.79. The van der Waals surface area contributed by atoms with E-state index in [-0.39, 0.29) is 13.4 Å². The van der Waals surface area contributed by atoms with Gasteiger partial charge in [-0.15, -0.1) is 0 Å². The summed E-state index contributed by atoms with van der Waals surface area (Å²) in [6, 6.07) is 8.79. The third-order valence-corrected chi connectivity index (χ3v) is 3.01. The molecule has 14 heavy (non-hydrogen) atoms. The Labute approximate surface area is 83.6 Å². The monoisotopic (exact) mass is 189 g/mol. The molecule has 0 unspecified atom stereocenters. The Morgan fingerprint density at radius 2 is 2.36 bits per heavy atom. The summed E-state index contributed by atoms with van der Waals surface area (Å²) in [5, 5.41) is 3.31. The van der Waals surface area contributed by atoms with Gasteiger partial charge in [0, 0.05) is 7.11 Å². The van der Waals surface area contributed by atoms with Crippen molar-refractivity contribution in [2.24, 2.45) is 0 Å². The molecule has 1 aromatic rings. The molecule has 1 aliphatic carbocycles. The van der Waals surface area contributed by atoms with Gasteiger partial charge in [-0.25, -0.2) is 0 Å². The first-order chi connectivity index (χ1) is 6.88. The molecule has 1 heterocycles. The Balaban J connectivity index is 1.92. The average molecular weight is 189 g/mol. The van der Waals surface area contributed by atoms with Crippen LogP contribution in [0.1, 0.15) is 17.2 Å². The van der Waals surface area contributed by atoms with Crippen molar-refractivity contribution < 1.29 is 9.31 Å². The van der Waals surface area contributed by atoms with Gasteiger partial charge in [-0.1, -0.05) is 24.3 Å². The quantitative estimate of drug-likeness (QED) is 0.665. The third kappa shape index (κ3) is 1.12. The van der Waals surface area contributed by atoms with E-state index in [9.17, 15) is 0 Å². The van der Waals surface area contributed by atoms with Crippen LogP contribution < -0.4 is 5.23 Å². The van der Waals surface area contributed by atoms with E-state index in [4.69, 9.17) is 9.31 Å². The lowest BCUT2D eigenvalue weighted by Crippen LogP contribution is -2.32. The van der Waals surface area contributed by atoms with Crippen LogP contribution in [-0.2, 0) is 15.7 Å². The van der Waals surface area contributed by atoms with E-state index in [0.29, 0.717) is 6.04 Å². The summed E-state index contributed by atoms with van der Waals surface area (Å²) in [5.74, 6) is 0. The Hall–Kier alpha value is -0.835. The normalized spacial score (nSPS) is 29.1. The van der Waals surface area contributed by atoms with Gasteiger partial charge in [-0.2, -0.15) is 0 Å². The molecular weight excluding hydrogens is 177 g/mol. The molecule has 0 spiro atoms. The van der Waals surface area contributed by atoms with Crippen molar-refractivity contribution in [3.8, 4) is 0 Å². The lowest BCUT2D eigenvalue weighted by molar-refractivity contribution is 0.183. The molecular formula is C10H12BNO2. The first-order valence-electron chi connectivity index (χ1n) is 4.90. The molecule has 1 aromatic carbocycles. The van der Waals surface area contributed by atoms with E-state index >= 15 is 0 Å². The van der Waals surface area contributed by atoms with Crippen molar-refractivity contribution >= 4 is 7.25 Å². The second-order valence-electron chi connectivity index (χ2n) is 3.79. The maximum atomic E-state index is 5.68. The number of hydrogen-bond acceptors (Lipinski definition) is 3. The number of fused-ring (bicyclic) bond motifs is 3.